The highest BCUT2D eigenvalue weighted by molar-refractivity contribution is 5.78. The first-order chi connectivity index (χ1) is 8.61. The number of morpholine rings is 1. The number of carbonyl (C=O) groups is 1. The van der Waals surface area contributed by atoms with E-state index in [4.69, 9.17) is 4.74 Å². The molecule has 1 amide bonds. The average Bonchev–Trinajstić information content (AvgIpc) is 2.38. The number of ether oxygens (including phenoxy) is 1. The van der Waals surface area contributed by atoms with Crippen molar-refractivity contribution >= 4 is 5.91 Å². The van der Waals surface area contributed by atoms with Gasteiger partial charge in [0, 0.05) is 26.2 Å². The molecular weight excluding hydrogens is 230 g/mol. The monoisotopic (exact) mass is 257 g/mol. The molecule has 0 radical (unpaired) electrons. The predicted molar refractivity (Wildman–Crippen MR) is 72.7 cm³/mol. The molecule has 5 nitrogen and oxygen atoms in total. The van der Waals surface area contributed by atoms with Crippen molar-refractivity contribution in [3.63, 3.8) is 0 Å². The van der Waals surface area contributed by atoms with Gasteiger partial charge in [0.25, 0.3) is 0 Å². The van der Waals surface area contributed by atoms with E-state index in [1.54, 1.807) is 4.90 Å². The molecule has 1 saturated heterocycles. The Morgan fingerprint density at radius 1 is 1.39 bits per heavy atom. The molecule has 1 heterocycles. The first kappa shape index (κ1) is 15.4. The Hall–Kier alpha value is -0.650. The summed E-state index contributed by atoms with van der Waals surface area (Å²) in [5.41, 5.74) is 0. The van der Waals surface area contributed by atoms with Gasteiger partial charge in [-0.25, -0.2) is 0 Å². The smallest absolute Gasteiger partial charge is 0.236 e. The Bertz CT molecular complexity index is 240. The molecule has 18 heavy (non-hydrogen) atoms. The molecule has 0 aromatic carbocycles. The molecule has 0 saturated carbocycles. The van der Waals surface area contributed by atoms with E-state index in [1.807, 2.05) is 20.9 Å². The summed E-state index contributed by atoms with van der Waals surface area (Å²) in [5, 5.41) is 3.21. The zero-order chi connectivity index (χ0) is 13.4. The van der Waals surface area contributed by atoms with E-state index in [-0.39, 0.29) is 11.9 Å². The van der Waals surface area contributed by atoms with Gasteiger partial charge >= 0.3 is 0 Å². The molecule has 0 aromatic rings. The van der Waals surface area contributed by atoms with Crippen LogP contribution < -0.4 is 5.32 Å². The van der Waals surface area contributed by atoms with Crippen LogP contribution in [0.25, 0.3) is 0 Å². The highest BCUT2D eigenvalue weighted by atomic mass is 16.5. The van der Waals surface area contributed by atoms with Crippen LogP contribution in [-0.2, 0) is 9.53 Å². The Morgan fingerprint density at radius 2 is 2.06 bits per heavy atom. The van der Waals surface area contributed by atoms with Gasteiger partial charge in [-0.05, 0) is 33.4 Å². The second-order valence-corrected chi connectivity index (χ2v) is 5.08. The van der Waals surface area contributed by atoms with Crippen molar-refractivity contribution in [2.24, 2.45) is 0 Å². The van der Waals surface area contributed by atoms with Crippen molar-refractivity contribution in [1.82, 2.24) is 15.1 Å². The van der Waals surface area contributed by atoms with Gasteiger partial charge in [0.05, 0.1) is 19.8 Å². The predicted octanol–water partition coefficient (Wildman–Crippen LogP) is 0.165. The maximum atomic E-state index is 11.7. The van der Waals surface area contributed by atoms with Crippen LogP contribution >= 0.6 is 0 Å². The minimum absolute atomic E-state index is 0.163. The van der Waals surface area contributed by atoms with Crippen molar-refractivity contribution in [2.75, 3.05) is 53.0 Å². The van der Waals surface area contributed by atoms with Crippen LogP contribution in [0.1, 0.15) is 20.3 Å². The molecular formula is C13H27N3O2. The lowest BCUT2D eigenvalue weighted by Gasteiger charge is -2.26. The first-order valence-corrected chi connectivity index (χ1v) is 6.87. The van der Waals surface area contributed by atoms with Crippen LogP contribution in [0.5, 0.6) is 0 Å². The molecule has 0 atom stereocenters. The number of carbonyl (C=O) groups excluding carboxylic acids is 1. The third-order valence-electron chi connectivity index (χ3n) is 3.38. The summed E-state index contributed by atoms with van der Waals surface area (Å²) in [5.74, 6) is 0.163. The molecule has 0 aromatic heterocycles. The van der Waals surface area contributed by atoms with Gasteiger partial charge in [0.1, 0.15) is 0 Å². The van der Waals surface area contributed by atoms with Crippen LogP contribution in [0.3, 0.4) is 0 Å². The van der Waals surface area contributed by atoms with Crippen molar-refractivity contribution in [2.45, 2.75) is 26.3 Å². The molecule has 106 valence electrons. The van der Waals surface area contributed by atoms with E-state index in [1.165, 1.54) is 0 Å². The van der Waals surface area contributed by atoms with Crippen LogP contribution in [0, 0.1) is 0 Å². The van der Waals surface area contributed by atoms with Gasteiger partial charge in [-0.15, -0.1) is 0 Å². The third-order valence-corrected chi connectivity index (χ3v) is 3.38. The molecule has 1 fully saturated rings. The number of likely N-dealkylation sites (N-methyl/N-ethyl adjacent to an activating group) is 1. The van der Waals surface area contributed by atoms with E-state index in [9.17, 15) is 4.79 Å². The van der Waals surface area contributed by atoms with Crippen molar-refractivity contribution < 1.29 is 9.53 Å². The quantitative estimate of drug-likeness (QED) is 0.660. The minimum Gasteiger partial charge on any atom is -0.379 e. The fourth-order valence-electron chi connectivity index (χ4n) is 1.86. The maximum absolute atomic E-state index is 11.7. The van der Waals surface area contributed by atoms with Crippen LogP contribution in [0.4, 0.5) is 0 Å². The average molecular weight is 257 g/mol. The molecule has 0 spiro atoms. The second-order valence-electron chi connectivity index (χ2n) is 5.08. The summed E-state index contributed by atoms with van der Waals surface area (Å²) in [6.07, 6.45) is 1.08. The standard InChI is InChI=1S/C13H27N3O2/c1-12(2)15(3)13(17)11-14-5-4-6-16-7-9-18-10-8-16/h12,14H,4-11H2,1-3H3. The first-order valence-electron chi connectivity index (χ1n) is 6.87. The summed E-state index contributed by atoms with van der Waals surface area (Å²) in [7, 11) is 1.85. The van der Waals surface area contributed by atoms with E-state index in [0.29, 0.717) is 6.54 Å². The second kappa shape index (κ2) is 8.45. The SMILES string of the molecule is CC(C)N(C)C(=O)CNCCCN1CCOCC1. The van der Waals surface area contributed by atoms with Crippen LogP contribution in [0.2, 0.25) is 0 Å². The van der Waals surface area contributed by atoms with Gasteiger partial charge in [-0.1, -0.05) is 0 Å². The summed E-state index contributed by atoms with van der Waals surface area (Å²) in [6, 6.07) is 0.271. The van der Waals surface area contributed by atoms with Crippen LogP contribution in [0.15, 0.2) is 0 Å². The topological polar surface area (TPSA) is 44.8 Å². The summed E-state index contributed by atoms with van der Waals surface area (Å²) < 4.78 is 5.30. The molecule has 0 bridgehead atoms. The maximum Gasteiger partial charge on any atom is 0.236 e. The van der Waals surface area contributed by atoms with Gasteiger partial charge < -0.3 is 15.0 Å². The van der Waals surface area contributed by atoms with Crippen LogP contribution in [-0.4, -0.2) is 74.7 Å². The Kier molecular flexibility index (Phi) is 7.23. The number of rotatable bonds is 7. The van der Waals surface area contributed by atoms with E-state index in [2.05, 4.69) is 10.2 Å². The zero-order valence-electron chi connectivity index (χ0n) is 11.9. The number of hydrogen-bond acceptors (Lipinski definition) is 4. The van der Waals surface area contributed by atoms with Crippen molar-refractivity contribution in [3.8, 4) is 0 Å². The molecule has 5 heteroatoms. The number of nitrogens with zero attached hydrogens (tertiary/aromatic N) is 2. The zero-order valence-corrected chi connectivity index (χ0v) is 11.9. The Balaban J connectivity index is 1.99. The molecule has 0 unspecified atom stereocenters. The lowest BCUT2D eigenvalue weighted by atomic mass is 10.3. The lowest BCUT2D eigenvalue weighted by molar-refractivity contribution is -0.130. The van der Waals surface area contributed by atoms with Gasteiger partial charge in [-0.2, -0.15) is 0 Å². The third kappa shape index (κ3) is 5.80. The van der Waals surface area contributed by atoms with E-state index < -0.39 is 0 Å². The Labute approximate surface area is 110 Å². The number of hydrogen-bond donors (Lipinski definition) is 1. The molecule has 1 N–H and O–H groups in total. The summed E-state index contributed by atoms with van der Waals surface area (Å²) in [6.45, 7) is 10.3. The Morgan fingerprint density at radius 3 is 2.67 bits per heavy atom. The van der Waals surface area contributed by atoms with Crippen molar-refractivity contribution in [3.05, 3.63) is 0 Å². The molecule has 1 aliphatic rings. The van der Waals surface area contributed by atoms with Crippen molar-refractivity contribution in [1.29, 1.82) is 0 Å². The largest absolute Gasteiger partial charge is 0.379 e. The highest BCUT2D eigenvalue weighted by Crippen LogP contribution is 1.97. The number of amides is 1. The van der Waals surface area contributed by atoms with E-state index >= 15 is 0 Å². The minimum atomic E-state index is 0.163. The van der Waals surface area contributed by atoms with Gasteiger partial charge in [0.2, 0.25) is 5.91 Å². The summed E-state index contributed by atoms with van der Waals surface area (Å²) in [4.78, 5) is 15.9. The normalized spacial score (nSPS) is 17.1. The molecule has 1 aliphatic heterocycles. The fraction of sp³-hybridized carbons (Fsp3) is 0.923. The van der Waals surface area contributed by atoms with E-state index in [0.717, 1.165) is 45.8 Å². The van der Waals surface area contributed by atoms with Gasteiger partial charge in [0.15, 0.2) is 0 Å². The number of nitrogens with one attached hydrogen (secondary N) is 1. The molecule has 1 rings (SSSR count). The summed E-state index contributed by atoms with van der Waals surface area (Å²) >= 11 is 0. The fourth-order valence-corrected chi connectivity index (χ4v) is 1.86. The lowest BCUT2D eigenvalue weighted by Crippen LogP contribution is -2.41. The molecule has 0 aliphatic carbocycles. The van der Waals surface area contributed by atoms with Gasteiger partial charge in [-0.3, -0.25) is 9.69 Å². The highest BCUT2D eigenvalue weighted by Gasteiger charge is 2.11.